The molecule has 0 atom stereocenters. The topological polar surface area (TPSA) is 145 Å². The maximum Gasteiger partial charge on any atom is 0.337 e. The molecule has 2 N–H and O–H groups in total. The molecule has 0 aliphatic heterocycles. The molecule has 1 heterocycles. The van der Waals surface area contributed by atoms with Crippen LogP contribution >= 0.6 is 11.3 Å². The first kappa shape index (κ1) is 38.3. The third-order valence-electron chi connectivity index (χ3n) is 9.36. The highest BCUT2D eigenvalue weighted by molar-refractivity contribution is 7.89. The average molecular weight is 765 g/mol. The summed E-state index contributed by atoms with van der Waals surface area (Å²) in [6, 6.07) is 27.4. The largest absolute Gasteiger partial charge is 0.465 e. The van der Waals surface area contributed by atoms with Crippen molar-refractivity contribution in [1.82, 2.24) is 4.72 Å². The van der Waals surface area contributed by atoms with Crippen molar-refractivity contribution in [2.45, 2.75) is 56.4 Å². The Morgan fingerprint density at radius 3 is 2.04 bits per heavy atom. The number of carbonyl (C=O) groups excluding carboxylic acids is 4. The van der Waals surface area contributed by atoms with Crippen LogP contribution in [0.3, 0.4) is 0 Å². The van der Waals surface area contributed by atoms with Gasteiger partial charge in [0.2, 0.25) is 10.0 Å². The number of amides is 1. The number of ether oxygens (including phenoxy) is 2. The van der Waals surface area contributed by atoms with Crippen LogP contribution in [0.5, 0.6) is 0 Å². The molecule has 0 radical (unpaired) electrons. The Morgan fingerprint density at radius 2 is 1.33 bits per heavy atom. The summed E-state index contributed by atoms with van der Waals surface area (Å²) in [6.45, 7) is -0.0680. The van der Waals surface area contributed by atoms with Crippen molar-refractivity contribution in [1.29, 1.82) is 0 Å². The van der Waals surface area contributed by atoms with Crippen molar-refractivity contribution in [2.24, 2.45) is 0 Å². The molecule has 0 saturated heterocycles. The van der Waals surface area contributed by atoms with Gasteiger partial charge in [-0.05, 0) is 109 Å². The molecule has 0 bridgehead atoms. The number of fused-ring (bicyclic) bond motifs is 1. The molecular formula is C42H40N2O8S2. The van der Waals surface area contributed by atoms with E-state index >= 15 is 0 Å². The summed E-state index contributed by atoms with van der Waals surface area (Å²) < 4.78 is 38.5. The molecule has 5 aromatic rings. The molecule has 0 fully saturated rings. The molecular weight excluding hydrogens is 725 g/mol. The number of hydrogen-bond donors (Lipinski definition) is 2. The number of carbonyl (C=O) groups is 4. The van der Waals surface area contributed by atoms with E-state index in [-0.39, 0.29) is 41.1 Å². The van der Waals surface area contributed by atoms with Crippen LogP contribution in [0.1, 0.15) is 86.3 Å². The SMILES string of the molecule is COC(=O)c1ccc(CCc2ccc(NC(=O)c3c(CC(=O)c4cccc(S(=O)(=O)NCc5cccc(C(=O)OC)c5)c4)sc4c3CCCC4)cc2)cc1. The normalized spacial score (nSPS) is 12.4. The number of thiophene rings is 1. The molecule has 0 unspecified atom stereocenters. The van der Waals surface area contributed by atoms with Crippen molar-refractivity contribution in [2.75, 3.05) is 19.5 Å². The molecule has 0 spiro atoms. The lowest BCUT2D eigenvalue weighted by Crippen LogP contribution is -2.23. The van der Waals surface area contributed by atoms with Crippen LogP contribution in [0, 0.1) is 0 Å². The Labute approximate surface area is 318 Å². The number of Topliss-reactive ketones (excluding diaryl/α,β-unsaturated/α-hetero) is 1. The lowest BCUT2D eigenvalue weighted by atomic mass is 9.93. The zero-order chi connectivity index (χ0) is 38.2. The lowest BCUT2D eigenvalue weighted by molar-refractivity contribution is 0.0592. The second-order valence-electron chi connectivity index (χ2n) is 13.0. The lowest BCUT2D eigenvalue weighted by Gasteiger charge is -2.14. The summed E-state index contributed by atoms with van der Waals surface area (Å²) in [5.41, 5.74) is 5.94. The molecule has 10 nitrogen and oxygen atoms in total. The summed E-state index contributed by atoms with van der Waals surface area (Å²) in [6.07, 6.45) is 5.08. The van der Waals surface area contributed by atoms with Gasteiger partial charge in [0.25, 0.3) is 5.91 Å². The molecule has 1 aliphatic carbocycles. The van der Waals surface area contributed by atoms with Gasteiger partial charge in [-0.1, -0.05) is 48.5 Å². The Balaban J connectivity index is 1.12. The van der Waals surface area contributed by atoms with Crippen molar-refractivity contribution in [3.8, 4) is 0 Å². The zero-order valence-electron chi connectivity index (χ0n) is 30.0. The van der Waals surface area contributed by atoms with E-state index in [9.17, 15) is 27.6 Å². The summed E-state index contributed by atoms with van der Waals surface area (Å²) in [4.78, 5) is 52.9. The van der Waals surface area contributed by atoms with E-state index in [1.165, 1.54) is 43.8 Å². The number of aryl methyl sites for hydroxylation is 3. The Kier molecular flexibility index (Phi) is 12.2. The maximum atomic E-state index is 13.9. The Bertz CT molecular complexity index is 2300. The average Bonchev–Trinajstić information content (AvgIpc) is 3.57. The Morgan fingerprint density at radius 1 is 0.704 bits per heavy atom. The minimum atomic E-state index is -4.01. The molecule has 1 aromatic heterocycles. The highest BCUT2D eigenvalue weighted by atomic mass is 32.2. The van der Waals surface area contributed by atoms with E-state index < -0.39 is 16.0 Å². The molecule has 12 heteroatoms. The second-order valence-corrected chi connectivity index (χ2v) is 15.9. The first-order chi connectivity index (χ1) is 26.0. The predicted molar refractivity (Wildman–Crippen MR) is 207 cm³/mol. The highest BCUT2D eigenvalue weighted by Gasteiger charge is 2.27. The molecule has 1 aliphatic rings. The van der Waals surface area contributed by atoms with Crippen molar-refractivity contribution < 1.29 is 37.1 Å². The summed E-state index contributed by atoms with van der Waals surface area (Å²) >= 11 is 1.48. The predicted octanol–water partition coefficient (Wildman–Crippen LogP) is 7.14. The summed E-state index contributed by atoms with van der Waals surface area (Å²) in [7, 11) is -1.38. The third kappa shape index (κ3) is 9.19. The van der Waals surface area contributed by atoms with Crippen LogP contribution in [0.25, 0.3) is 0 Å². The van der Waals surface area contributed by atoms with Crippen LogP contribution in [0.2, 0.25) is 0 Å². The number of esters is 2. The minimum Gasteiger partial charge on any atom is -0.465 e. The number of benzene rings is 4. The summed E-state index contributed by atoms with van der Waals surface area (Å²) in [5.74, 6) is -1.46. The number of sulfonamides is 1. The van der Waals surface area contributed by atoms with Crippen LogP contribution in [0.4, 0.5) is 5.69 Å². The van der Waals surface area contributed by atoms with Gasteiger partial charge in [-0.25, -0.2) is 22.7 Å². The highest BCUT2D eigenvalue weighted by Crippen LogP contribution is 2.36. The molecule has 4 aromatic carbocycles. The van der Waals surface area contributed by atoms with Crippen LogP contribution in [0.15, 0.2) is 102 Å². The van der Waals surface area contributed by atoms with Gasteiger partial charge in [0.1, 0.15) is 0 Å². The summed E-state index contributed by atoms with van der Waals surface area (Å²) in [5, 5.41) is 3.04. The Hall–Kier alpha value is -5.43. The third-order valence-corrected chi connectivity index (χ3v) is 12.1. The van der Waals surface area contributed by atoms with Crippen LogP contribution in [-0.2, 0) is 58.1 Å². The van der Waals surface area contributed by atoms with Gasteiger partial charge in [-0.3, -0.25) is 9.59 Å². The first-order valence-corrected chi connectivity index (χ1v) is 19.9. The smallest absolute Gasteiger partial charge is 0.337 e. The van der Waals surface area contributed by atoms with Gasteiger partial charge in [0.15, 0.2) is 5.78 Å². The maximum absolute atomic E-state index is 13.9. The van der Waals surface area contributed by atoms with Gasteiger partial charge >= 0.3 is 11.9 Å². The fraction of sp³-hybridized carbons (Fsp3) is 0.238. The van der Waals surface area contributed by atoms with Gasteiger partial charge in [-0.2, -0.15) is 0 Å². The van der Waals surface area contributed by atoms with Gasteiger partial charge in [0.05, 0.1) is 35.8 Å². The number of methoxy groups -OCH3 is 2. The van der Waals surface area contributed by atoms with E-state index in [0.717, 1.165) is 60.1 Å². The van der Waals surface area contributed by atoms with Gasteiger partial charge in [0, 0.05) is 34.0 Å². The van der Waals surface area contributed by atoms with E-state index in [2.05, 4.69) is 10.0 Å². The molecule has 1 amide bonds. The van der Waals surface area contributed by atoms with E-state index in [0.29, 0.717) is 32.8 Å². The number of hydrogen-bond acceptors (Lipinski definition) is 9. The van der Waals surface area contributed by atoms with Crippen molar-refractivity contribution in [3.05, 3.63) is 151 Å². The fourth-order valence-corrected chi connectivity index (χ4v) is 8.90. The van der Waals surface area contributed by atoms with Gasteiger partial charge in [-0.15, -0.1) is 11.3 Å². The molecule has 0 saturated carbocycles. The van der Waals surface area contributed by atoms with E-state index in [1.54, 1.807) is 42.5 Å². The number of anilines is 1. The molecule has 278 valence electrons. The number of rotatable bonds is 14. The fourth-order valence-electron chi connectivity index (χ4n) is 6.45. The quantitative estimate of drug-likeness (QED) is 0.0897. The standard InChI is InChI=1S/C42H40N2O8S2/c1-51-41(47)30-19-15-27(16-20-30)13-14-28-17-21-33(22-18-28)44-40(46)39-35-11-3-4-12-37(35)53-38(39)25-36(45)31-8-6-10-34(24-31)54(49,50)43-26-29-7-5-9-32(23-29)42(48)52-2/h5-10,15-24,43H,3-4,11-14,25-26H2,1-2H3,(H,44,46). The zero-order valence-corrected chi connectivity index (χ0v) is 31.6. The van der Waals surface area contributed by atoms with Gasteiger partial charge < -0.3 is 14.8 Å². The van der Waals surface area contributed by atoms with E-state index in [4.69, 9.17) is 9.47 Å². The minimum absolute atomic E-state index is 0.0444. The van der Waals surface area contributed by atoms with Crippen LogP contribution < -0.4 is 10.0 Å². The second kappa shape index (κ2) is 17.1. The van der Waals surface area contributed by atoms with E-state index in [1.807, 2.05) is 36.4 Å². The van der Waals surface area contributed by atoms with Crippen molar-refractivity contribution in [3.63, 3.8) is 0 Å². The van der Waals surface area contributed by atoms with Crippen molar-refractivity contribution >= 4 is 50.7 Å². The number of ketones is 1. The number of nitrogens with one attached hydrogen (secondary N) is 2. The first-order valence-electron chi connectivity index (χ1n) is 17.6. The monoisotopic (exact) mass is 764 g/mol. The van der Waals surface area contributed by atoms with Crippen LogP contribution in [-0.4, -0.2) is 46.3 Å². The molecule has 6 rings (SSSR count). The molecule has 54 heavy (non-hydrogen) atoms.